The highest BCUT2D eigenvalue weighted by Crippen LogP contribution is 2.34. The standard InChI is InChI=1S/C13H23BrO6/c1-9-5-10(14)12(19-7-16-3)13(20-8-17-4)11(9)18-6-15-2/h10-13H,1,5-8H2,2-4H3/t10-,11+,12+,13+/m0/s1. The van der Waals surface area contributed by atoms with Crippen molar-refractivity contribution in [2.24, 2.45) is 0 Å². The van der Waals surface area contributed by atoms with E-state index in [1.165, 1.54) is 0 Å². The molecule has 20 heavy (non-hydrogen) atoms. The van der Waals surface area contributed by atoms with Crippen LogP contribution in [0.4, 0.5) is 0 Å². The van der Waals surface area contributed by atoms with Gasteiger partial charge in [0.05, 0.1) is 0 Å². The lowest BCUT2D eigenvalue weighted by molar-refractivity contribution is -0.206. The van der Waals surface area contributed by atoms with Crippen molar-refractivity contribution in [3.63, 3.8) is 0 Å². The van der Waals surface area contributed by atoms with E-state index < -0.39 is 0 Å². The summed E-state index contributed by atoms with van der Waals surface area (Å²) in [6.07, 6.45) is -0.139. The predicted octanol–water partition coefficient (Wildman–Crippen LogP) is 1.68. The molecule has 4 atom stereocenters. The van der Waals surface area contributed by atoms with Gasteiger partial charge in [0.1, 0.15) is 38.7 Å². The maximum Gasteiger partial charge on any atom is 0.147 e. The molecule has 0 aromatic heterocycles. The number of methoxy groups -OCH3 is 3. The Hall–Kier alpha value is -0.0200. The SMILES string of the molecule is C=C1C[C@H](Br)[C@@H](OCOC)[C@H](OCOC)[C@@H]1OCOC. The van der Waals surface area contributed by atoms with E-state index in [-0.39, 0.29) is 43.5 Å². The van der Waals surface area contributed by atoms with Crippen molar-refractivity contribution in [1.29, 1.82) is 0 Å². The van der Waals surface area contributed by atoms with Gasteiger partial charge in [0, 0.05) is 26.2 Å². The summed E-state index contributed by atoms with van der Waals surface area (Å²) in [6.45, 7) is 4.55. The summed E-state index contributed by atoms with van der Waals surface area (Å²) in [5.41, 5.74) is 0.933. The Morgan fingerprint density at radius 3 is 2.00 bits per heavy atom. The van der Waals surface area contributed by atoms with Gasteiger partial charge >= 0.3 is 0 Å². The molecule has 1 aliphatic rings. The van der Waals surface area contributed by atoms with Crippen LogP contribution in [0.3, 0.4) is 0 Å². The summed E-state index contributed by atoms with van der Waals surface area (Å²) >= 11 is 3.60. The minimum Gasteiger partial charge on any atom is -0.359 e. The number of alkyl halides is 1. The molecule has 1 aliphatic carbocycles. The minimum atomic E-state index is -0.342. The van der Waals surface area contributed by atoms with Gasteiger partial charge < -0.3 is 28.4 Å². The molecule has 0 saturated heterocycles. The van der Waals surface area contributed by atoms with Crippen LogP contribution in [-0.4, -0.2) is 64.8 Å². The van der Waals surface area contributed by atoms with Gasteiger partial charge in [-0.15, -0.1) is 0 Å². The van der Waals surface area contributed by atoms with E-state index in [1.807, 2.05) is 0 Å². The van der Waals surface area contributed by atoms with Crippen LogP contribution in [0.2, 0.25) is 0 Å². The Morgan fingerprint density at radius 2 is 1.45 bits per heavy atom. The molecule has 0 radical (unpaired) electrons. The van der Waals surface area contributed by atoms with Gasteiger partial charge in [0.2, 0.25) is 0 Å². The van der Waals surface area contributed by atoms with Crippen molar-refractivity contribution < 1.29 is 28.4 Å². The van der Waals surface area contributed by atoms with Crippen LogP contribution >= 0.6 is 15.9 Å². The number of hydrogen-bond acceptors (Lipinski definition) is 6. The maximum absolute atomic E-state index is 5.72. The van der Waals surface area contributed by atoms with Gasteiger partial charge in [0.25, 0.3) is 0 Å². The summed E-state index contributed by atoms with van der Waals surface area (Å²) in [5.74, 6) is 0. The fourth-order valence-electron chi connectivity index (χ4n) is 2.12. The topological polar surface area (TPSA) is 55.4 Å². The maximum atomic E-state index is 5.72. The molecule has 0 aromatic carbocycles. The second kappa shape index (κ2) is 9.83. The summed E-state index contributed by atoms with van der Waals surface area (Å²) in [5, 5.41) is 0. The average molecular weight is 355 g/mol. The molecule has 0 aromatic rings. The van der Waals surface area contributed by atoms with E-state index in [9.17, 15) is 0 Å². The fourth-order valence-corrected chi connectivity index (χ4v) is 2.99. The molecule has 0 N–H and O–H groups in total. The lowest BCUT2D eigenvalue weighted by Crippen LogP contribution is -2.52. The van der Waals surface area contributed by atoms with E-state index >= 15 is 0 Å². The summed E-state index contributed by atoms with van der Waals surface area (Å²) < 4.78 is 32.0. The first-order valence-corrected chi connectivity index (χ1v) is 7.20. The van der Waals surface area contributed by atoms with Gasteiger partial charge in [-0.25, -0.2) is 0 Å². The molecular formula is C13H23BrO6. The molecule has 0 amide bonds. The smallest absolute Gasteiger partial charge is 0.147 e. The fraction of sp³-hybridized carbons (Fsp3) is 0.846. The number of hydrogen-bond donors (Lipinski definition) is 0. The van der Waals surface area contributed by atoms with Crippen molar-refractivity contribution in [3.8, 4) is 0 Å². The highest BCUT2D eigenvalue weighted by Gasteiger charge is 2.43. The zero-order chi connectivity index (χ0) is 15.0. The third-order valence-corrected chi connectivity index (χ3v) is 3.81. The first-order valence-electron chi connectivity index (χ1n) is 6.29. The Labute approximate surface area is 128 Å². The van der Waals surface area contributed by atoms with Crippen LogP contribution in [0.15, 0.2) is 12.2 Å². The Bertz CT molecular complexity index is 288. The van der Waals surface area contributed by atoms with Gasteiger partial charge in [0.15, 0.2) is 0 Å². The second-order valence-electron chi connectivity index (χ2n) is 4.45. The van der Waals surface area contributed by atoms with Gasteiger partial charge in [-0.3, -0.25) is 0 Å². The third kappa shape index (κ3) is 5.07. The van der Waals surface area contributed by atoms with Crippen molar-refractivity contribution in [2.75, 3.05) is 41.7 Å². The first kappa shape index (κ1) is 18.0. The Kier molecular flexibility index (Phi) is 8.86. The van der Waals surface area contributed by atoms with E-state index in [0.717, 1.165) is 12.0 Å². The lowest BCUT2D eigenvalue weighted by atomic mass is 9.88. The zero-order valence-corrected chi connectivity index (χ0v) is 13.8. The molecule has 7 heteroatoms. The number of rotatable bonds is 9. The van der Waals surface area contributed by atoms with Crippen molar-refractivity contribution >= 4 is 15.9 Å². The molecule has 1 saturated carbocycles. The zero-order valence-electron chi connectivity index (χ0n) is 12.2. The largest absolute Gasteiger partial charge is 0.359 e. The van der Waals surface area contributed by atoms with Gasteiger partial charge in [-0.2, -0.15) is 0 Å². The molecule has 0 bridgehead atoms. The van der Waals surface area contributed by atoms with E-state index in [0.29, 0.717) is 0 Å². The van der Waals surface area contributed by atoms with Crippen molar-refractivity contribution in [1.82, 2.24) is 0 Å². The summed E-state index contributed by atoms with van der Waals surface area (Å²) in [6, 6.07) is 0. The highest BCUT2D eigenvalue weighted by atomic mass is 79.9. The van der Waals surface area contributed by atoms with Crippen molar-refractivity contribution in [2.45, 2.75) is 29.6 Å². The number of halogens is 1. The normalized spacial score (nSPS) is 30.7. The molecule has 6 nitrogen and oxygen atoms in total. The van der Waals surface area contributed by atoms with Crippen LogP contribution in [0.1, 0.15) is 6.42 Å². The van der Waals surface area contributed by atoms with Gasteiger partial charge in [-0.05, 0) is 12.0 Å². The Morgan fingerprint density at radius 1 is 0.950 bits per heavy atom. The van der Waals surface area contributed by atoms with Crippen LogP contribution in [0.25, 0.3) is 0 Å². The average Bonchev–Trinajstić information content (AvgIpc) is 2.43. The quantitative estimate of drug-likeness (QED) is 0.356. The van der Waals surface area contributed by atoms with Crippen LogP contribution < -0.4 is 0 Å². The highest BCUT2D eigenvalue weighted by molar-refractivity contribution is 9.09. The molecule has 0 spiro atoms. The molecular weight excluding hydrogens is 332 g/mol. The molecule has 1 fully saturated rings. The van der Waals surface area contributed by atoms with Gasteiger partial charge in [-0.1, -0.05) is 22.5 Å². The summed E-state index contributed by atoms with van der Waals surface area (Å²) in [4.78, 5) is 0.0781. The molecule has 0 unspecified atom stereocenters. The van der Waals surface area contributed by atoms with Crippen molar-refractivity contribution in [3.05, 3.63) is 12.2 Å². The van der Waals surface area contributed by atoms with E-state index in [4.69, 9.17) is 28.4 Å². The van der Waals surface area contributed by atoms with Crippen LogP contribution in [0, 0.1) is 0 Å². The molecule has 118 valence electrons. The monoisotopic (exact) mass is 354 g/mol. The predicted molar refractivity (Wildman–Crippen MR) is 76.7 cm³/mol. The van der Waals surface area contributed by atoms with E-state index in [2.05, 4.69) is 22.5 Å². The minimum absolute atomic E-state index is 0.0781. The molecule has 0 aliphatic heterocycles. The first-order chi connectivity index (χ1) is 9.65. The van der Waals surface area contributed by atoms with Crippen LogP contribution in [0.5, 0.6) is 0 Å². The molecule has 0 heterocycles. The Balaban J connectivity index is 2.78. The third-order valence-electron chi connectivity index (χ3n) is 2.96. The summed E-state index contributed by atoms with van der Waals surface area (Å²) in [7, 11) is 4.72. The lowest BCUT2D eigenvalue weighted by Gasteiger charge is -2.41. The molecule has 1 rings (SSSR count). The van der Waals surface area contributed by atoms with Crippen LogP contribution in [-0.2, 0) is 28.4 Å². The second-order valence-corrected chi connectivity index (χ2v) is 5.62. The number of ether oxygens (including phenoxy) is 6. The van der Waals surface area contributed by atoms with E-state index in [1.54, 1.807) is 21.3 Å².